The Bertz CT molecular complexity index is 1750. The van der Waals surface area contributed by atoms with Gasteiger partial charge in [-0.3, -0.25) is 15.0 Å². The number of aromatic nitrogens is 2. The van der Waals surface area contributed by atoms with Crippen LogP contribution in [0, 0.1) is 18.2 Å². The van der Waals surface area contributed by atoms with E-state index in [1.807, 2.05) is 0 Å². The molecule has 2 aromatic heterocycles. The molecule has 0 saturated carbocycles. The van der Waals surface area contributed by atoms with Crippen molar-refractivity contribution in [3.63, 3.8) is 0 Å². The second kappa shape index (κ2) is 10.8. The number of rotatable bonds is 9. The SMILES string of the molecule is CC[C@@]1(O)C(=O)OCc2c1cc1n(c2=O)Cc2c-1nc1cc(F)c(C)c3c1c2[C@@H](NC(=O)[C@@H](N)CCCCNC=N)CC3. The van der Waals surface area contributed by atoms with Crippen LogP contribution in [-0.4, -0.2) is 45.5 Å². The first kappa shape index (κ1) is 28.9. The first-order chi connectivity index (χ1) is 20.6. The van der Waals surface area contributed by atoms with Crippen LogP contribution in [0.4, 0.5) is 4.39 Å². The van der Waals surface area contributed by atoms with Crippen LogP contribution < -0.4 is 21.9 Å². The van der Waals surface area contributed by atoms with Gasteiger partial charge in [-0.2, -0.15) is 0 Å². The molecule has 0 fully saturated rings. The highest BCUT2D eigenvalue weighted by Gasteiger charge is 2.46. The third-order valence-electron chi connectivity index (χ3n) is 9.22. The Kier molecular flexibility index (Phi) is 7.29. The zero-order valence-electron chi connectivity index (χ0n) is 24.2. The molecule has 6 N–H and O–H groups in total. The van der Waals surface area contributed by atoms with Gasteiger partial charge in [-0.05, 0) is 68.2 Å². The van der Waals surface area contributed by atoms with Gasteiger partial charge in [0.05, 0.1) is 47.4 Å². The number of carbonyl (C=O) groups excluding carboxylic acids is 2. The van der Waals surface area contributed by atoms with Gasteiger partial charge < -0.3 is 30.8 Å². The molecule has 2 aliphatic heterocycles. The Morgan fingerprint density at radius 3 is 2.86 bits per heavy atom. The molecular formula is C31H35FN6O5. The highest BCUT2D eigenvalue weighted by Crippen LogP contribution is 2.46. The van der Waals surface area contributed by atoms with E-state index in [0.29, 0.717) is 48.3 Å². The maximum absolute atomic E-state index is 15.1. The molecule has 4 heterocycles. The molecule has 43 heavy (non-hydrogen) atoms. The van der Waals surface area contributed by atoms with E-state index in [9.17, 15) is 19.5 Å². The summed E-state index contributed by atoms with van der Waals surface area (Å²) < 4.78 is 21.8. The number of benzene rings is 1. The Morgan fingerprint density at radius 2 is 2.12 bits per heavy atom. The standard InChI is InChI=1S/C31H35FN6O5/c1-3-31(42)19-10-24-27-17(12-38(24)29(40)18(19)13-43-30(31)41)26-22(37-28(39)21(34)6-4-5-9-35-14-33)8-7-16-15(2)20(32)11-23(36-27)25(16)26/h10-11,14,21-22,42H,3-9,12-13,34H2,1-2H3,(H2,33,35)(H,37,39)/t21-,22-,31-/m0/s1. The normalized spacial score (nSPS) is 20.6. The molecule has 3 atom stereocenters. The smallest absolute Gasteiger partial charge is 0.343 e. The molecule has 6 rings (SSSR count). The van der Waals surface area contributed by atoms with E-state index in [4.69, 9.17) is 20.9 Å². The number of ether oxygens (including phenoxy) is 1. The predicted molar refractivity (Wildman–Crippen MR) is 157 cm³/mol. The van der Waals surface area contributed by atoms with Crippen LogP contribution in [0.2, 0.25) is 0 Å². The van der Waals surface area contributed by atoms with Crippen molar-refractivity contribution in [3.05, 3.63) is 61.7 Å². The monoisotopic (exact) mass is 590 g/mol. The molecule has 226 valence electrons. The number of fused-ring (bicyclic) bond motifs is 5. The summed E-state index contributed by atoms with van der Waals surface area (Å²) in [4.78, 5) is 44.4. The summed E-state index contributed by atoms with van der Waals surface area (Å²) in [5, 5.41) is 25.0. The molecule has 1 aromatic carbocycles. The third-order valence-corrected chi connectivity index (χ3v) is 9.22. The van der Waals surface area contributed by atoms with E-state index < -0.39 is 23.7 Å². The first-order valence-corrected chi connectivity index (χ1v) is 14.7. The largest absolute Gasteiger partial charge is 0.458 e. The van der Waals surface area contributed by atoms with Crippen molar-refractivity contribution in [2.45, 2.75) is 83.2 Å². The highest BCUT2D eigenvalue weighted by molar-refractivity contribution is 5.94. The maximum Gasteiger partial charge on any atom is 0.343 e. The predicted octanol–water partition coefficient (Wildman–Crippen LogP) is 2.32. The fourth-order valence-electron chi connectivity index (χ4n) is 6.77. The number of hydrogen-bond acceptors (Lipinski definition) is 8. The molecular weight excluding hydrogens is 555 g/mol. The molecule has 12 heteroatoms. The minimum atomic E-state index is -1.96. The number of esters is 1. The van der Waals surface area contributed by atoms with Crippen molar-refractivity contribution >= 4 is 29.1 Å². The van der Waals surface area contributed by atoms with Crippen molar-refractivity contribution in [2.75, 3.05) is 6.54 Å². The van der Waals surface area contributed by atoms with Gasteiger partial charge in [0.25, 0.3) is 5.56 Å². The van der Waals surface area contributed by atoms with Crippen molar-refractivity contribution in [1.29, 1.82) is 5.41 Å². The highest BCUT2D eigenvalue weighted by atomic mass is 19.1. The maximum atomic E-state index is 15.1. The Hall–Kier alpha value is -4.16. The quantitative estimate of drug-likeness (QED) is 0.0855. The molecule has 0 unspecified atom stereocenters. The number of nitrogens with one attached hydrogen (secondary N) is 3. The van der Waals surface area contributed by atoms with Crippen LogP contribution >= 0.6 is 0 Å². The lowest BCUT2D eigenvalue weighted by Crippen LogP contribution is -2.44. The van der Waals surface area contributed by atoms with Gasteiger partial charge in [0.15, 0.2) is 5.60 Å². The molecule has 11 nitrogen and oxygen atoms in total. The van der Waals surface area contributed by atoms with Gasteiger partial charge in [0, 0.05) is 29.1 Å². The summed E-state index contributed by atoms with van der Waals surface area (Å²) >= 11 is 0. The summed E-state index contributed by atoms with van der Waals surface area (Å²) in [6.45, 7) is 3.94. The number of pyridine rings is 2. The number of nitrogens with two attached hydrogens (primary N) is 1. The number of carbonyl (C=O) groups is 2. The molecule has 1 aliphatic carbocycles. The van der Waals surface area contributed by atoms with Crippen LogP contribution in [0.25, 0.3) is 22.3 Å². The van der Waals surface area contributed by atoms with Crippen molar-refractivity contribution in [3.8, 4) is 11.4 Å². The zero-order chi connectivity index (χ0) is 30.6. The Balaban J connectivity index is 1.45. The van der Waals surface area contributed by atoms with E-state index in [2.05, 4.69) is 10.6 Å². The lowest BCUT2D eigenvalue weighted by molar-refractivity contribution is -0.172. The van der Waals surface area contributed by atoms with Gasteiger partial charge in [-0.25, -0.2) is 14.2 Å². The number of cyclic esters (lactones) is 1. The molecule has 0 spiro atoms. The van der Waals surface area contributed by atoms with Crippen molar-refractivity contribution in [1.82, 2.24) is 20.2 Å². The summed E-state index contributed by atoms with van der Waals surface area (Å²) in [5.41, 5.74) is 8.51. The second-order valence-electron chi connectivity index (χ2n) is 11.6. The van der Waals surface area contributed by atoms with E-state index in [-0.39, 0.29) is 48.0 Å². The molecule has 0 saturated heterocycles. The van der Waals surface area contributed by atoms with Crippen molar-refractivity contribution < 1.29 is 23.8 Å². The third kappa shape index (κ3) is 4.51. The molecule has 3 aliphatic rings. The lowest BCUT2D eigenvalue weighted by atomic mass is 9.81. The average Bonchev–Trinajstić information content (AvgIpc) is 3.36. The Morgan fingerprint density at radius 1 is 1.33 bits per heavy atom. The van der Waals surface area contributed by atoms with Crippen LogP contribution in [0.1, 0.15) is 78.5 Å². The molecule has 0 bridgehead atoms. The minimum absolute atomic E-state index is 0.0202. The summed E-state index contributed by atoms with van der Waals surface area (Å²) in [7, 11) is 0. The average molecular weight is 591 g/mol. The Labute approximate surface area is 247 Å². The summed E-state index contributed by atoms with van der Waals surface area (Å²) in [5.74, 6) is -1.48. The minimum Gasteiger partial charge on any atom is -0.458 e. The number of amides is 1. The number of unbranched alkanes of at least 4 members (excludes halogenated alkanes) is 1. The second-order valence-corrected chi connectivity index (χ2v) is 11.6. The number of aryl methyl sites for hydroxylation is 1. The number of aliphatic hydroxyl groups is 1. The van der Waals surface area contributed by atoms with E-state index in [1.165, 1.54) is 6.07 Å². The van der Waals surface area contributed by atoms with Crippen LogP contribution in [-0.2, 0) is 39.5 Å². The summed E-state index contributed by atoms with van der Waals surface area (Å²) in [6.07, 6.45) is 4.18. The van der Waals surface area contributed by atoms with Crippen LogP contribution in [0.5, 0.6) is 0 Å². The van der Waals surface area contributed by atoms with E-state index >= 15 is 4.39 Å². The molecule has 0 radical (unpaired) electrons. The number of halogens is 1. The number of hydrogen-bond donors (Lipinski definition) is 5. The number of nitrogens with zero attached hydrogens (tertiary/aromatic N) is 2. The van der Waals surface area contributed by atoms with Gasteiger partial charge in [-0.1, -0.05) is 6.92 Å². The van der Waals surface area contributed by atoms with E-state index in [1.54, 1.807) is 24.5 Å². The van der Waals surface area contributed by atoms with Gasteiger partial charge in [0.2, 0.25) is 5.91 Å². The van der Waals surface area contributed by atoms with Gasteiger partial charge >= 0.3 is 5.97 Å². The van der Waals surface area contributed by atoms with Crippen LogP contribution in [0.3, 0.4) is 0 Å². The van der Waals surface area contributed by atoms with Gasteiger partial charge in [-0.15, -0.1) is 0 Å². The first-order valence-electron chi connectivity index (χ1n) is 14.7. The zero-order valence-corrected chi connectivity index (χ0v) is 24.2. The van der Waals surface area contributed by atoms with Crippen LogP contribution in [0.15, 0.2) is 16.9 Å². The molecule has 3 aromatic rings. The topological polar surface area (TPSA) is 172 Å². The lowest BCUT2D eigenvalue weighted by Gasteiger charge is -2.31. The van der Waals surface area contributed by atoms with E-state index in [0.717, 1.165) is 41.3 Å². The summed E-state index contributed by atoms with van der Waals surface area (Å²) in [6, 6.07) is 1.85. The fraction of sp³-hybridized carbons (Fsp3) is 0.452. The fourth-order valence-corrected chi connectivity index (χ4v) is 6.77. The van der Waals surface area contributed by atoms with Crippen molar-refractivity contribution in [2.24, 2.45) is 5.73 Å². The van der Waals surface area contributed by atoms with Gasteiger partial charge in [0.1, 0.15) is 12.4 Å². The molecule has 1 amide bonds.